The molecular weight excluding hydrogens is 326 g/mol. The van der Waals surface area contributed by atoms with Crippen molar-refractivity contribution in [1.29, 1.82) is 0 Å². The average Bonchev–Trinajstić information content (AvgIpc) is 2.53. The number of carbonyl (C=O) groups excluding carboxylic acids is 3. The predicted molar refractivity (Wildman–Crippen MR) is 93.8 cm³/mol. The summed E-state index contributed by atoms with van der Waals surface area (Å²) in [6.07, 6.45) is 0. The summed E-state index contributed by atoms with van der Waals surface area (Å²) in [5, 5.41) is 0. The minimum atomic E-state index is -0.252. The van der Waals surface area contributed by atoms with E-state index in [2.05, 4.69) is 0 Å². The highest BCUT2D eigenvalue weighted by Crippen LogP contribution is 2.00. The molecule has 0 aromatic carbocycles. The van der Waals surface area contributed by atoms with Crippen LogP contribution in [0.2, 0.25) is 0 Å². The Kier molecular flexibility index (Phi) is 11.9. The predicted octanol–water partition coefficient (Wildman–Crippen LogP) is 1.89. The first-order valence-corrected chi connectivity index (χ1v) is 8.87. The third-order valence-corrected chi connectivity index (χ3v) is 3.37. The van der Waals surface area contributed by atoms with Crippen LogP contribution < -0.4 is 0 Å². The van der Waals surface area contributed by atoms with Crippen molar-refractivity contribution in [3.8, 4) is 0 Å². The molecule has 0 radical (unpaired) electrons. The molecule has 0 atom stereocenters. The topological polar surface area (TPSA) is 82.1 Å². The quantitative estimate of drug-likeness (QED) is 0.389. The summed E-state index contributed by atoms with van der Waals surface area (Å²) in [6, 6.07) is 0. The van der Waals surface area contributed by atoms with Crippen LogP contribution in [0.15, 0.2) is 0 Å². The van der Waals surface area contributed by atoms with Gasteiger partial charge in [0.15, 0.2) is 0 Å². The van der Waals surface area contributed by atoms with Gasteiger partial charge in [-0.25, -0.2) is 0 Å². The molecule has 0 aliphatic carbocycles. The highest BCUT2D eigenvalue weighted by molar-refractivity contribution is 5.72. The van der Waals surface area contributed by atoms with E-state index in [0.29, 0.717) is 19.6 Å². The Labute approximate surface area is 151 Å². The Morgan fingerprint density at radius 3 is 1.04 bits per heavy atom. The van der Waals surface area contributed by atoms with Crippen LogP contribution in [0.4, 0.5) is 0 Å². The standard InChI is InChI=1S/C18H33NO6/c1-13(2)16(20)23-10-7-19(8-11-24-17(21)14(3)4)9-12-25-18(22)15(5)6/h13-15H,7-12H2,1-6H3. The first kappa shape index (κ1) is 23.4. The molecule has 0 aliphatic heterocycles. The van der Waals surface area contributed by atoms with E-state index in [0.717, 1.165) is 0 Å². The normalized spacial score (nSPS) is 11.3. The molecule has 25 heavy (non-hydrogen) atoms. The molecule has 0 fully saturated rings. The molecule has 7 heteroatoms. The molecule has 0 saturated carbocycles. The molecule has 0 bridgehead atoms. The molecule has 0 saturated heterocycles. The lowest BCUT2D eigenvalue weighted by molar-refractivity contribution is -0.148. The van der Waals surface area contributed by atoms with E-state index >= 15 is 0 Å². The van der Waals surface area contributed by atoms with Gasteiger partial charge in [0.05, 0.1) is 17.8 Å². The third kappa shape index (κ3) is 11.5. The second-order valence-corrected chi connectivity index (χ2v) is 6.81. The van der Waals surface area contributed by atoms with E-state index in [4.69, 9.17) is 14.2 Å². The van der Waals surface area contributed by atoms with Crippen LogP contribution in [0, 0.1) is 17.8 Å². The van der Waals surface area contributed by atoms with E-state index in [1.54, 1.807) is 41.5 Å². The highest BCUT2D eigenvalue weighted by Gasteiger charge is 2.14. The Hall–Kier alpha value is -1.63. The smallest absolute Gasteiger partial charge is 0.308 e. The van der Waals surface area contributed by atoms with Crippen molar-refractivity contribution in [2.45, 2.75) is 41.5 Å². The Balaban J connectivity index is 4.31. The summed E-state index contributed by atoms with van der Waals surface area (Å²) in [5.41, 5.74) is 0. The van der Waals surface area contributed by atoms with Gasteiger partial charge < -0.3 is 14.2 Å². The summed E-state index contributed by atoms with van der Waals surface area (Å²) in [5.74, 6) is -1.28. The van der Waals surface area contributed by atoms with Crippen molar-refractivity contribution < 1.29 is 28.6 Å². The van der Waals surface area contributed by atoms with Gasteiger partial charge in [0.25, 0.3) is 0 Å². The summed E-state index contributed by atoms with van der Waals surface area (Å²) < 4.78 is 15.5. The van der Waals surface area contributed by atoms with Gasteiger partial charge in [-0.1, -0.05) is 41.5 Å². The first-order valence-electron chi connectivity index (χ1n) is 8.87. The van der Waals surface area contributed by atoms with E-state index in [1.807, 2.05) is 4.90 Å². The Morgan fingerprint density at radius 2 is 0.840 bits per heavy atom. The van der Waals surface area contributed by atoms with Gasteiger partial charge in [-0.15, -0.1) is 0 Å². The number of hydrogen-bond donors (Lipinski definition) is 0. The van der Waals surface area contributed by atoms with Crippen molar-refractivity contribution in [3.63, 3.8) is 0 Å². The van der Waals surface area contributed by atoms with Crippen molar-refractivity contribution in [2.24, 2.45) is 17.8 Å². The number of ether oxygens (including phenoxy) is 3. The maximum Gasteiger partial charge on any atom is 0.308 e. The number of nitrogens with zero attached hydrogens (tertiary/aromatic N) is 1. The lowest BCUT2D eigenvalue weighted by atomic mass is 10.2. The zero-order valence-electron chi connectivity index (χ0n) is 16.4. The average molecular weight is 359 g/mol. The van der Waals surface area contributed by atoms with Gasteiger partial charge >= 0.3 is 17.9 Å². The summed E-state index contributed by atoms with van der Waals surface area (Å²) in [6.45, 7) is 12.8. The second-order valence-electron chi connectivity index (χ2n) is 6.81. The number of rotatable bonds is 12. The van der Waals surface area contributed by atoms with Gasteiger partial charge in [0.2, 0.25) is 0 Å². The van der Waals surface area contributed by atoms with E-state index in [-0.39, 0.29) is 55.5 Å². The van der Waals surface area contributed by atoms with Crippen LogP contribution in [0.1, 0.15) is 41.5 Å². The lowest BCUT2D eigenvalue weighted by Gasteiger charge is -2.22. The maximum atomic E-state index is 11.5. The van der Waals surface area contributed by atoms with Gasteiger partial charge in [-0.05, 0) is 0 Å². The molecule has 0 aliphatic rings. The lowest BCUT2D eigenvalue weighted by Crippen LogP contribution is -2.36. The first-order chi connectivity index (χ1) is 11.6. The SMILES string of the molecule is CC(C)C(=O)OCCN(CCOC(=O)C(C)C)CCOC(=O)C(C)C. The fourth-order valence-corrected chi connectivity index (χ4v) is 1.66. The van der Waals surface area contributed by atoms with Crippen molar-refractivity contribution in [2.75, 3.05) is 39.5 Å². The highest BCUT2D eigenvalue weighted by atomic mass is 16.5. The molecule has 0 amide bonds. The van der Waals surface area contributed by atoms with Crippen molar-refractivity contribution in [3.05, 3.63) is 0 Å². The van der Waals surface area contributed by atoms with Gasteiger partial charge in [0.1, 0.15) is 19.8 Å². The summed E-state index contributed by atoms with van der Waals surface area (Å²) >= 11 is 0. The molecule has 0 heterocycles. The van der Waals surface area contributed by atoms with Crippen molar-refractivity contribution >= 4 is 17.9 Å². The van der Waals surface area contributed by atoms with E-state index in [1.165, 1.54) is 0 Å². The Morgan fingerprint density at radius 1 is 0.600 bits per heavy atom. The molecule has 0 unspecified atom stereocenters. The fraction of sp³-hybridized carbons (Fsp3) is 0.833. The molecule has 0 aromatic heterocycles. The zero-order valence-corrected chi connectivity index (χ0v) is 16.4. The summed E-state index contributed by atoms with van der Waals surface area (Å²) in [4.78, 5) is 36.4. The van der Waals surface area contributed by atoms with Gasteiger partial charge in [-0.2, -0.15) is 0 Å². The zero-order chi connectivity index (χ0) is 19.4. The second kappa shape index (κ2) is 12.7. The molecule has 7 nitrogen and oxygen atoms in total. The van der Waals surface area contributed by atoms with E-state index < -0.39 is 0 Å². The number of esters is 3. The van der Waals surface area contributed by atoms with Gasteiger partial charge in [-0.3, -0.25) is 19.3 Å². The number of hydrogen-bond acceptors (Lipinski definition) is 7. The van der Waals surface area contributed by atoms with Crippen LogP contribution in [-0.4, -0.2) is 62.3 Å². The monoisotopic (exact) mass is 359 g/mol. The molecule has 146 valence electrons. The van der Waals surface area contributed by atoms with E-state index in [9.17, 15) is 14.4 Å². The summed E-state index contributed by atoms with van der Waals surface area (Å²) in [7, 11) is 0. The molecular formula is C18H33NO6. The van der Waals surface area contributed by atoms with Gasteiger partial charge in [0, 0.05) is 19.6 Å². The largest absolute Gasteiger partial charge is 0.464 e. The van der Waals surface area contributed by atoms with Crippen LogP contribution in [-0.2, 0) is 28.6 Å². The fourth-order valence-electron chi connectivity index (χ4n) is 1.66. The Bertz CT molecular complexity index is 358. The molecule has 0 rings (SSSR count). The van der Waals surface area contributed by atoms with Crippen LogP contribution >= 0.6 is 0 Å². The van der Waals surface area contributed by atoms with Crippen LogP contribution in [0.3, 0.4) is 0 Å². The van der Waals surface area contributed by atoms with Crippen molar-refractivity contribution in [1.82, 2.24) is 4.90 Å². The molecule has 0 N–H and O–H groups in total. The molecule has 0 aromatic rings. The van der Waals surface area contributed by atoms with Crippen LogP contribution in [0.5, 0.6) is 0 Å². The number of carbonyl (C=O) groups is 3. The maximum absolute atomic E-state index is 11.5. The molecule has 0 spiro atoms. The minimum Gasteiger partial charge on any atom is -0.464 e. The van der Waals surface area contributed by atoms with Crippen LogP contribution in [0.25, 0.3) is 0 Å². The minimum absolute atomic E-state index is 0.174. The third-order valence-electron chi connectivity index (χ3n) is 3.37.